The Morgan fingerprint density at radius 1 is 1.00 bits per heavy atom. The van der Waals surface area contributed by atoms with Crippen LogP contribution in [0.3, 0.4) is 0 Å². The predicted molar refractivity (Wildman–Crippen MR) is 129 cm³/mol. The molecule has 2 aromatic heterocycles. The van der Waals surface area contributed by atoms with Crippen molar-refractivity contribution in [3.63, 3.8) is 0 Å². The van der Waals surface area contributed by atoms with Crippen LogP contribution in [0.15, 0.2) is 72.4 Å². The Kier molecular flexibility index (Phi) is 6.61. The zero-order valence-electron chi connectivity index (χ0n) is 18.4. The maximum absolute atomic E-state index is 13.1. The lowest BCUT2D eigenvalue weighted by molar-refractivity contribution is 0.0958. The summed E-state index contributed by atoms with van der Waals surface area (Å²) in [5.41, 5.74) is 5.34. The van der Waals surface area contributed by atoms with E-state index in [-0.39, 0.29) is 5.91 Å². The molecule has 2 heterocycles. The fourth-order valence-electron chi connectivity index (χ4n) is 3.63. The number of hydrogen-bond donors (Lipinski definition) is 1. The Balaban J connectivity index is 1.53. The average Bonchev–Trinajstić information content (AvgIpc) is 3.49. The van der Waals surface area contributed by atoms with Crippen LogP contribution in [-0.2, 0) is 6.42 Å². The average molecular weight is 447 g/mol. The minimum Gasteiger partial charge on any atom is -0.493 e. The maximum Gasteiger partial charge on any atom is 0.263 e. The third-order valence-electron chi connectivity index (χ3n) is 5.34. The number of carbonyl (C=O) groups is 1. The van der Waals surface area contributed by atoms with Crippen molar-refractivity contribution < 1.29 is 14.3 Å². The van der Waals surface area contributed by atoms with Gasteiger partial charge in [0.25, 0.3) is 5.91 Å². The Labute approximate surface area is 192 Å². The molecular formula is C26H26N2O3S. The lowest BCUT2D eigenvalue weighted by Gasteiger charge is -2.11. The summed E-state index contributed by atoms with van der Waals surface area (Å²) in [6, 6.07) is 18.1. The van der Waals surface area contributed by atoms with E-state index in [1.54, 1.807) is 14.2 Å². The van der Waals surface area contributed by atoms with Crippen molar-refractivity contribution in [3.8, 4) is 28.3 Å². The van der Waals surface area contributed by atoms with Gasteiger partial charge in [-0.25, -0.2) is 0 Å². The van der Waals surface area contributed by atoms with Gasteiger partial charge in [0, 0.05) is 29.9 Å². The first-order valence-electron chi connectivity index (χ1n) is 10.4. The second-order valence-corrected chi connectivity index (χ2v) is 8.36. The van der Waals surface area contributed by atoms with E-state index in [0.29, 0.717) is 29.3 Å². The molecule has 0 spiro atoms. The van der Waals surface area contributed by atoms with E-state index < -0.39 is 0 Å². The molecule has 6 heteroatoms. The van der Waals surface area contributed by atoms with E-state index >= 15 is 0 Å². The summed E-state index contributed by atoms with van der Waals surface area (Å²) in [5.74, 6) is 1.31. The molecule has 4 aromatic rings. The van der Waals surface area contributed by atoms with Gasteiger partial charge in [-0.15, -0.1) is 11.3 Å². The molecule has 4 rings (SSSR count). The summed E-state index contributed by atoms with van der Waals surface area (Å²) in [6.45, 7) is 2.60. The molecule has 32 heavy (non-hydrogen) atoms. The largest absolute Gasteiger partial charge is 0.493 e. The van der Waals surface area contributed by atoms with Crippen molar-refractivity contribution in [2.75, 3.05) is 20.8 Å². The molecule has 2 aromatic carbocycles. The van der Waals surface area contributed by atoms with Crippen molar-refractivity contribution in [2.45, 2.75) is 13.3 Å². The first-order chi connectivity index (χ1) is 15.6. The molecule has 1 N–H and O–H groups in total. The van der Waals surface area contributed by atoms with E-state index in [1.807, 2.05) is 47.3 Å². The van der Waals surface area contributed by atoms with Gasteiger partial charge in [-0.2, -0.15) is 0 Å². The molecule has 1 amide bonds. The molecule has 0 saturated heterocycles. The van der Waals surface area contributed by atoms with Crippen molar-refractivity contribution in [1.82, 2.24) is 9.88 Å². The summed E-state index contributed by atoms with van der Waals surface area (Å²) < 4.78 is 12.7. The molecule has 164 valence electrons. The predicted octanol–water partition coefficient (Wildman–Crippen LogP) is 5.50. The van der Waals surface area contributed by atoms with Gasteiger partial charge in [0.2, 0.25) is 0 Å². The van der Waals surface area contributed by atoms with Gasteiger partial charge in [-0.05, 0) is 48.7 Å². The molecule has 0 saturated carbocycles. The fourth-order valence-corrected chi connectivity index (χ4v) is 4.62. The Hall–Kier alpha value is -3.51. The van der Waals surface area contributed by atoms with Crippen LogP contribution in [0.4, 0.5) is 0 Å². The summed E-state index contributed by atoms with van der Waals surface area (Å²) in [5, 5.41) is 5.13. The van der Waals surface area contributed by atoms with Crippen LogP contribution in [0.5, 0.6) is 11.5 Å². The van der Waals surface area contributed by atoms with Gasteiger partial charge in [-0.3, -0.25) is 4.79 Å². The topological polar surface area (TPSA) is 52.5 Å². The van der Waals surface area contributed by atoms with Gasteiger partial charge in [0.1, 0.15) is 4.88 Å². The third kappa shape index (κ3) is 4.55. The first-order valence-corrected chi connectivity index (χ1v) is 11.3. The van der Waals surface area contributed by atoms with Crippen LogP contribution < -0.4 is 14.8 Å². The monoisotopic (exact) mass is 446 g/mol. The third-order valence-corrected chi connectivity index (χ3v) is 6.31. The summed E-state index contributed by atoms with van der Waals surface area (Å²) in [4.78, 5) is 13.8. The molecule has 0 aliphatic rings. The quantitative estimate of drug-likeness (QED) is 0.389. The molecule has 0 unspecified atom stereocenters. The number of benzene rings is 2. The number of nitrogens with one attached hydrogen (secondary N) is 1. The standard InChI is InChI=1S/C26H26N2O3S/c1-18-6-9-20(10-7-18)21-17-32-25(24(21)28-14-4-5-15-28)26(29)27-13-12-19-8-11-22(30-2)23(16-19)31-3/h4-11,14-17H,12-13H2,1-3H3,(H,27,29). The molecule has 0 fully saturated rings. The Morgan fingerprint density at radius 2 is 1.72 bits per heavy atom. The van der Waals surface area contributed by atoms with E-state index in [0.717, 1.165) is 22.4 Å². The number of methoxy groups -OCH3 is 2. The zero-order chi connectivity index (χ0) is 22.5. The highest BCUT2D eigenvalue weighted by molar-refractivity contribution is 7.13. The van der Waals surface area contributed by atoms with E-state index in [1.165, 1.54) is 16.9 Å². The lowest BCUT2D eigenvalue weighted by atomic mass is 10.0. The second-order valence-electron chi connectivity index (χ2n) is 7.48. The minimum absolute atomic E-state index is 0.0717. The summed E-state index contributed by atoms with van der Waals surface area (Å²) in [6.07, 6.45) is 4.64. The number of aryl methyl sites for hydroxylation is 1. The maximum atomic E-state index is 13.1. The number of rotatable bonds is 8. The number of carbonyl (C=O) groups excluding carboxylic acids is 1. The Bertz CT molecular complexity index is 1190. The number of aromatic nitrogens is 1. The van der Waals surface area contributed by atoms with E-state index in [9.17, 15) is 4.79 Å². The smallest absolute Gasteiger partial charge is 0.263 e. The SMILES string of the molecule is COc1ccc(CCNC(=O)c2scc(-c3ccc(C)cc3)c2-n2cccc2)cc1OC. The molecule has 0 radical (unpaired) electrons. The number of hydrogen-bond acceptors (Lipinski definition) is 4. The molecule has 0 aliphatic carbocycles. The van der Waals surface area contributed by atoms with Crippen molar-refractivity contribution >= 4 is 17.2 Å². The summed E-state index contributed by atoms with van der Waals surface area (Å²) in [7, 11) is 3.24. The number of ether oxygens (including phenoxy) is 2. The number of nitrogens with zero attached hydrogens (tertiary/aromatic N) is 1. The zero-order valence-corrected chi connectivity index (χ0v) is 19.2. The fraction of sp³-hybridized carbons (Fsp3) is 0.192. The lowest BCUT2D eigenvalue weighted by Crippen LogP contribution is -2.25. The van der Waals surface area contributed by atoms with Crippen LogP contribution in [0.1, 0.15) is 20.8 Å². The van der Waals surface area contributed by atoms with E-state index in [2.05, 4.69) is 41.9 Å². The molecule has 0 aliphatic heterocycles. The first kappa shape index (κ1) is 21.7. The minimum atomic E-state index is -0.0717. The highest BCUT2D eigenvalue weighted by atomic mass is 32.1. The van der Waals surface area contributed by atoms with Crippen LogP contribution in [0.25, 0.3) is 16.8 Å². The van der Waals surface area contributed by atoms with Crippen molar-refractivity contribution in [2.24, 2.45) is 0 Å². The van der Waals surface area contributed by atoms with Gasteiger partial charge in [-0.1, -0.05) is 35.9 Å². The molecule has 0 atom stereocenters. The molecule has 5 nitrogen and oxygen atoms in total. The van der Waals surface area contributed by atoms with Gasteiger partial charge >= 0.3 is 0 Å². The normalized spacial score (nSPS) is 10.7. The second kappa shape index (κ2) is 9.75. The van der Waals surface area contributed by atoms with Crippen molar-refractivity contribution in [3.05, 3.63) is 88.4 Å². The molecule has 0 bridgehead atoms. The highest BCUT2D eigenvalue weighted by Gasteiger charge is 2.20. The van der Waals surface area contributed by atoms with Crippen LogP contribution in [-0.4, -0.2) is 31.2 Å². The summed E-state index contributed by atoms with van der Waals surface area (Å²) >= 11 is 1.47. The Morgan fingerprint density at radius 3 is 2.41 bits per heavy atom. The van der Waals surface area contributed by atoms with Gasteiger partial charge in [0.15, 0.2) is 11.5 Å². The number of amides is 1. The van der Waals surface area contributed by atoms with Crippen molar-refractivity contribution in [1.29, 1.82) is 0 Å². The van der Waals surface area contributed by atoms with Gasteiger partial charge < -0.3 is 19.4 Å². The number of thiophene rings is 1. The van der Waals surface area contributed by atoms with E-state index in [4.69, 9.17) is 9.47 Å². The molecular weight excluding hydrogens is 420 g/mol. The van der Waals surface area contributed by atoms with Crippen LogP contribution >= 0.6 is 11.3 Å². The van der Waals surface area contributed by atoms with Gasteiger partial charge in [0.05, 0.1) is 19.9 Å². The van der Waals surface area contributed by atoms with Crippen LogP contribution in [0.2, 0.25) is 0 Å². The van der Waals surface area contributed by atoms with Crippen LogP contribution in [0, 0.1) is 6.92 Å². The highest BCUT2D eigenvalue weighted by Crippen LogP contribution is 2.35.